The van der Waals surface area contributed by atoms with E-state index in [-0.39, 0.29) is 31.3 Å². The lowest BCUT2D eigenvalue weighted by Gasteiger charge is -2.16. The molecule has 134 valence electrons. The van der Waals surface area contributed by atoms with Crippen LogP contribution in [-0.2, 0) is 17.8 Å². The van der Waals surface area contributed by atoms with E-state index in [4.69, 9.17) is 0 Å². The number of likely N-dealkylation sites (tertiary alicyclic amines) is 1. The van der Waals surface area contributed by atoms with Gasteiger partial charge < -0.3 is 14.6 Å². The molecule has 0 spiro atoms. The maximum absolute atomic E-state index is 12.4. The van der Waals surface area contributed by atoms with Gasteiger partial charge in [-0.2, -0.15) is 5.10 Å². The van der Waals surface area contributed by atoms with E-state index in [1.54, 1.807) is 4.90 Å². The van der Waals surface area contributed by atoms with Crippen molar-refractivity contribution >= 4 is 5.91 Å². The molecule has 1 saturated heterocycles. The number of hydrogen-bond donors (Lipinski definition) is 3. The van der Waals surface area contributed by atoms with Gasteiger partial charge >= 0.3 is 5.69 Å². The summed E-state index contributed by atoms with van der Waals surface area (Å²) in [5, 5.41) is 17.2. The van der Waals surface area contributed by atoms with Crippen LogP contribution < -0.4 is 11.2 Å². The zero-order valence-corrected chi connectivity index (χ0v) is 13.9. The second-order valence-corrected chi connectivity index (χ2v) is 6.43. The Morgan fingerprint density at radius 3 is 2.88 bits per heavy atom. The number of aliphatic hydroxyl groups is 1. The Balaban J connectivity index is 1.56. The van der Waals surface area contributed by atoms with Crippen molar-refractivity contribution < 1.29 is 9.90 Å². The van der Waals surface area contributed by atoms with Crippen LogP contribution in [0.4, 0.5) is 0 Å². The molecule has 9 nitrogen and oxygen atoms in total. The fourth-order valence-electron chi connectivity index (χ4n) is 3.10. The van der Waals surface area contributed by atoms with Crippen molar-refractivity contribution in [1.82, 2.24) is 24.6 Å². The predicted octanol–water partition coefficient (Wildman–Crippen LogP) is -0.980. The second-order valence-electron chi connectivity index (χ2n) is 6.43. The van der Waals surface area contributed by atoms with E-state index in [9.17, 15) is 19.5 Å². The zero-order valence-electron chi connectivity index (χ0n) is 13.9. The minimum atomic E-state index is -0.586. The third-order valence-corrected chi connectivity index (χ3v) is 4.45. The molecule has 9 heteroatoms. The van der Waals surface area contributed by atoms with Gasteiger partial charge in [-0.25, -0.2) is 4.79 Å². The Morgan fingerprint density at radius 2 is 2.20 bits per heavy atom. The Kier molecular flexibility index (Phi) is 4.84. The van der Waals surface area contributed by atoms with Crippen molar-refractivity contribution in [3.05, 3.63) is 50.6 Å². The number of nitrogens with one attached hydrogen (secondary N) is 2. The summed E-state index contributed by atoms with van der Waals surface area (Å²) in [6.45, 7) is 2.85. The van der Waals surface area contributed by atoms with Crippen LogP contribution in [0.2, 0.25) is 0 Å². The number of carbonyl (C=O) groups is 1. The topological polar surface area (TPSA) is 124 Å². The molecule has 2 aromatic rings. The molecule has 1 fully saturated rings. The number of aliphatic hydroxyl groups excluding tert-OH is 1. The highest BCUT2D eigenvalue weighted by atomic mass is 16.3. The summed E-state index contributed by atoms with van der Waals surface area (Å²) in [7, 11) is 0. The predicted molar refractivity (Wildman–Crippen MR) is 89.0 cm³/mol. The molecule has 0 radical (unpaired) electrons. The van der Waals surface area contributed by atoms with Crippen LogP contribution in [0.1, 0.15) is 17.8 Å². The first-order chi connectivity index (χ1) is 11.9. The molecule has 2 aromatic heterocycles. The molecule has 2 atom stereocenters. The van der Waals surface area contributed by atoms with Crippen LogP contribution in [0.15, 0.2) is 27.9 Å². The van der Waals surface area contributed by atoms with Gasteiger partial charge in [0.15, 0.2) is 0 Å². The number of amides is 1. The molecule has 3 rings (SSSR count). The summed E-state index contributed by atoms with van der Waals surface area (Å²) in [6, 6.07) is 3.17. The number of β-amino-alcohol motifs (C(OH)–C–C–N with tert-alkyl or cyclic N) is 1. The van der Waals surface area contributed by atoms with Crippen LogP contribution in [0.25, 0.3) is 0 Å². The Labute approximate surface area is 143 Å². The van der Waals surface area contributed by atoms with Gasteiger partial charge in [-0.05, 0) is 19.4 Å². The maximum Gasteiger partial charge on any atom is 0.328 e. The van der Waals surface area contributed by atoms with Gasteiger partial charge in [0, 0.05) is 49.9 Å². The number of carbonyl (C=O) groups excluding carboxylic acids is 1. The van der Waals surface area contributed by atoms with Crippen molar-refractivity contribution in [2.45, 2.75) is 32.4 Å². The van der Waals surface area contributed by atoms with Gasteiger partial charge in [-0.3, -0.25) is 19.7 Å². The SMILES string of the molecule is Cc1cc(C[C@@H]2CN(C(=O)CCn3ccc(=O)[nH]c3=O)C[C@H]2O)n[nH]1. The van der Waals surface area contributed by atoms with Crippen molar-refractivity contribution in [3.8, 4) is 0 Å². The number of hydrogen-bond acceptors (Lipinski definition) is 5. The molecular formula is C16H21N5O4. The van der Waals surface area contributed by atoms with Gasteiger partial charge in [0.2, 0.25) is 5.91 Å². The molecule has 0 saturated carbocycles. The average Bonchev–Trinajstić information content (AvgIpc) is 3.13. The van der Waals surface area contributed by atoms with Gasteiger partial charge in [-0.15, -0.1) is 0 Å². The highest BCUT2D eigenvalue weighted by Gasteiger charge is 2.34. The molecule has 0 aromatic carbocycles. The molecule has 0 bridgehead atoms. The maximum atomic E-state index is 12.4. The van der Waals surface area contributed by atoms with Crippen LogP contribution >= 0.6 is 0 Å². The number of nitrogens with zero attached hydrogens (tertiary/aromatic N) is 3. The van der Waals surface area contributed by atoms with Crippen LogP contribution in [0, 0.1) is 12.8 Å². The van der Waals surface area contributed by atoms with Gasteiger partial charge in [0.1, 0.15) is 0 Å². The van der Waals surface area contributed by atoms with Crippen molar-refractivity contribution in [1.29, 1.82) is 0 Å². The van der Waals surface area contributed by atoms with Gasteiger partial charge in [-0.1, -0.05) is 0 Å². The molecule has 3 heterocycles. The number of aromatic amines is 2. The van der Waals surface area contributed by atoms with Crippen molar-refractivity contribution in [2.75, 3.05) is 13.1 Å². The summed E-state index contributed by atoms with van der Waals surface area (Å²) in [4.78, 5) is 38.8. The summed E-state index contributed by atoms with van der Waals surface area (Å²) >= 11 is 0. The first kappa shape index (κ1) is 17.2. The summed E-state index contributed by atoms with van der Waals surface area (Å²) < 4.78 is 1.29. The molecule has 25 heavy (non-hydrogen) atoms. The lowest BCUT2D eigenvalue weighted by atomic mass is 10.0. The molecule has 1 aliphatic heterocycles. The number of aromatic nitrogens is 4. The fraction of sp³-hybridized carbons (Fsp3) is 0.500. The quantitative estimate of drug-likeness (QED) is 0.641. The molecule has 1 amide bonds. The molecule has 0 aliphatic carbocycles. The van der Waals surface area contributed by atoms with Crippen LogP contribution in [0.5, 0.6) is 0 Å². The lowest BCUT2D eigenvalue weighted by Crippen LogP contribution is -2.33. The van der Waals surface area contributed by atoms with E-state index < -0.39 is 17.4 Å². The Morgan fingerprint density at radius 1 is 1.40 bits per heavy atom. The van der Waals surface area contributed by atoms with Gasteiger partial charge in [0.25, 0.3) is 5.56 Å². The molecule has 0 unspecified atom stereocenters. The normalized spacial score (nSPS) is 20.2. The largest absolute Gasteiger partial charge is 0.391 e. The third-order valence-electron chi connectivity index (χ3n) is 4.45. The smallest absolute Gasteiger partial charge is 0.328 e. The number of H-pyrrole nitrogens is 2. The lowest BCUT2D eigenvalue weighted by molar-refractivity contribution is -0.130. The standard InChI is InChI=1S/C16H21N5O4/c1-10-6-12(19-18-10)7-11-8-21(9-13(11)22)15(24)3-5-20-4-2-14(23)17-16(20)25/h2,4,6,11,13,22H,3,5,7-9H2,1H3,(H,18,19)(H,17,23,25)/t11-,13-/m1/s1. The number of aryl methyl sites for hydroxylation is 2. The molecule has 3 N–H and O–H groups in total. The highest BCUT2D eigenvalue weighted by Crippen LogP contribution is 2.21. The van der Waals surface area contributed by atoms with Crippen molar-refractivity contribution in [2.24, 2.45) is 5.92 Å². The average molecular weight is 347 g/mol. The fourth-order valence-corrected chi connectivity index (χ4v) is 3.10. The van der Waals surface area contributed by atoms with E-state index in [1.807, 2.05) is 13.0 Å². The van der Waals surface area contributed by atoms with Gasteiger partial charge in [0.05, 0.1) is 11.8 Å². The summed E-state index contributed by atoms with van der Waals surface area (Å²) in [5.41, 5.74) is 0.831. The monoisotopic (exact) mass is 347 g/mol. The van der Waals surface area contributed by atoms with E-state index in [0.29, 0.717) is 13.0 Å². The van der Waals surface area contributed by atoms with Crippen molar-refractivity contribution in [3.63, 3.8) is 0 Å². The second kappa shape index (κ2) is 7.06. The minimum Gasteiger partial charge on any atom is -0.391 e. The summed E-state index contributed by atoms with van der Waals surface area (Å²) in [6.07, 6.45) is 1.52. The summed E-state index contributed by atoms with van der Waals surface area (Å²) in [5.74, 6) is -0.180. The highest BCUT2D eigenvalue weighted by molar-refractivity contribution is 5.76. The first-order valence-electron chi connectivity index (χ1n) is 8.19. The zero-order chi connectivity index (χ0) is 18.0. The third kappa shape index (κ3) is 4.05. The van der Waals surface area contributed by atoms with E-state index in [2.05, 4.69) is 15.2 Å². The van der Waals surface area contributed by atoms with Crippen LogP contribution in [-0.4, -0.2) is 54.9 Å². The molecule has 1 aliphatic rings. The Bertz CT molecular complexity index is 868. The Hall–Kier alpha value is -2.68. The van der Waals surface area contributed by atoms with Crippen LogP contribution in [0.3, 0.4) is 0 Å². The molecular weight excluding hydrogens is 326 g/mol. The van der Waals surface area contributed by atoms with E-state index in [1.165, 1.54) is 16.8 Å². The van der Waals surface area contributed by atoms with E-state index in [0.717, 1.165) is 11.4 Å². The number of rotatable bonds is 5. The minimum absolute atomic E-state index is 0.0533. The first-order valence-corrected chi connectivity index (χ1v) is 8.19. The van der Waals surface area contributed by atoms with E-state index >= 15 is 0 Å².